The molecule has 2 aromatic carbocycles. The summed E-state index contributed by atoms with van der Waals surface area (Å²) < 4.78 is 11.7. The molecule has 4 heteroatoms. The summed E-state index contributed by atoms with van der Waals surface area (Å²) in [6, 6.07) is 14.7. The van der Waals surface area contributed by atoms with Crippen LogP contribution in [-0.2, 0) is 0 Å². The topological polar surface area (TPSA) is 70.5 Å². The zero-order valence-corrected chi connectivity index (χ0v) is 11.6. The molecule has 0 radical (unpaired) electrons. The van der Waals surface area contributed by atoms with Crippen molar-refractivity contribution in [1.29, 1.82) is 0 Å². The molecular formula is C16H20N2O2. The van der Waals surface area contributed by atoms with Gasteiger partial charge in [0.1, 0.15) is 11.5 Å². The smallest absolute Gasteiger partial charge is 0.241 e. The second kappa shape index (κ2) is 6.70. The molecule has 0 saturated heterocycles. The molecule has 0 heterocycles. The van der Waals surface area contributed by atoms with Crippen LogP contribution in [0.15, 0.2) is 48.5 Å². The van der Waals surface area contributed by atoms with Gasteiger partial charge in [0.05, 0.1) is 5.69 Å². The van der Waals surface area contributed by atoms with E-state index in [0.717, 1.165) is 18.6 Å². The molecule has 0 saturated carbocycles. The van der Waals surface area contributed by atoms with Crippen LogP contribution in [0.4, 0.5) is 11.4 Å². The van der Waals surface area contributed by atoms with E-state index in [1.807, 2.05) is 36.4 Å². The fourth-order valence-corrected chi connectivity index (χ4v) is 1.81. The van der Waals surface area contributed by atoms with Crippen molar-refractivity contribution in [3.63, 3.8) is 0 Å². The number of rotatable bonds is 6. The Morgan fingerprint density at radius 2 is 1.65 bits per heavy atom. The number of nitrogens with two attached hydrogens (primary N) is 2. The van der Waals surface area contributed by atoms with Gasteiger partial charge >= 0.3 is 0 Å². The lowest BCUT2D eigenvalue weighted by Gasteiger charge is -2.21. The van der Waals surface area contributed by atoms with Gasteiger partial charge in [-0.3, -0.25) is 0 Å². The Bertz CT molecular complexity index is 540. The van der Waals surface area contributed by atoms with E-state index in [-0.39, 0.29) is 6.29 Å². The standard InChI is InChI=1S/C16H20N2O2/c1-2-5-16(19-13-10-8-12(17)9-11-13)20-15-7-4-3-6-14(15)18/h3-4,6-11,16H,2,5,17-18H2,1H3. The Balaban J connectivity index is 2.07. The van der Waals surface area contributed by atoms with Gasteiger partial charge in [0, 0.05) is 12.1 Å². The molecule has 2 rings (SSSR count). The number of nitrogen functional groups attached to an aromatic ring is 2. The minimum Gasteiger partial charge on any atom is -0.455 e. The minimum atomic E-state index is -0.367. The van der Waals surface area contributed by atoms with Crippen molar-refractivity contribution < 1.29 is 9.47 Å². The van der Waals surface area contributed by atoms with E-state index in [2.05, 4.69) is 6.92 Å². The van der Waals surface area contributed by atoms with Crippen LogP contribution >= 0.6 is 0 Å². The molecule has 1 atom stereocenters. The van der Waals surface area contributed by atoms with Crippen molar-refractivity contribution in [1.82, 2.24) is 0 Å². The summed E-state index contributed by atoms with van der Waals surface area (Å²) in [6.07, 6.45) is 1.36. The summed E-state index contributed by atoms with van der Waals surface area (Å²) in [6.45, 7) is 2.08. The Hall–Kier alpha value is -2.36. The molecule has 0 aliphatic heterocycles. The number of hydrogen-bond donors (Lipinski definition) is 2. The lowest BCUT2D eigenvalue weighted by Crippen LogP contribution is -2.24. The Morgan fingerprint density at radius 3 is 2.30 bits per heavy atom. The molecule has 0 spiro atoms. The van der Waals surface area contributed by atoms with E-state index >= 15 is 0 Å². The second-order valence-corrected chi connectivity index (χ2v) is 4.56. The van der Waals surface area contributed by atoms with Crippen molar-refractivity contribution in [3.8, 4) is 11.5 Å². The quantitative estimate of drug-likeness (QED) is 0.624. The van der Waals surface area contributed by atoms with Crippen molar-refractivity contribution in [2.75, 3.05) is 11.5 Å². The number of hydrogen-bond acceptors (Lipinski definition) is 4. The van der Waals surface area contributed by atoms with Gasteiger partial charge in [-0.05, 0) is 42.8 Å². The second-order valence-electron chi connectivity index (χ2n) is 4.56. The summed E-state index contributed by atoms with van der Waals surface area (Å²) >= 11 is 0. The molecule has 4 nitrogen and oxygen atoms in total. The maximum atomic E-state index is 5.88. The van der Waals surface area contributed by atoms with Crippen LogP contribution in [0.3, 0.4) is 0 Å². The van der Waals surface area contributed by atoms with E-state index in [1.54, 1.807) is 12.1 Å². The van der Waals surface area contributed by atoms with E-state index in [9.17, 15) is 0 Å². The highest BCUT2D eigenvalue weighted by atomic mass is 16.7. The molecule has 0 bridgehead atoms. The van der Waals surface area contributed by atoms with Gasteiger partial charge < -0.3 is 20.9 Å². The normalized spacial score (nSPS) is 11.8. The van der Waals surface area contributed by atoms with Crippen molar-refractivity contribution in [3.05, 3.63) is 48.5 Å². The van der Waals surface area contributed by atoms with Gasteiger partial charge in [0.15, 0.2) is 0 Å². The van der Waals surface area contributed by atoms with Gasteiger partial charge in [0.2, 0.25) is 6.29 Å². The SMILES string of the molecule is CCCC(Oc1ccc(N)cc1)Oc1ccccc1N. The van der Waals surface area contributed by atoms with Crippen molar-refractivity contribution >= 4 is 11.4 Å². The summed E-state index contributed by atoms with van der Waals surface area (Å²) in [5.41, 5.74) is 12.8. The highest BCUT2D eigenvalue weighted by Gasteiger charge is 2.12. The molecule has 1 unspecified atom stereocenters. The van der Waals surface area contributed by atoms with E-state index in [4.69, 9.17) is 20.9 Å². The van der Waals surface area contributed by atoms with Crippen molar-refractivity contribution in [2.45, 2.75) is 26.1 Å². The highest BCUT2D eigenvalue weighted by Crippen LogP contribution is 2.24. The largest absolute Gasteiger partial charge is 0.455 e. The molecule has 20 heavy (non-hydrogen) atoms. The monoisotopic (exact) mass is 272 g/mol. The van der Waals surface area contributed by atoms with E-state index in [1.165, 1.54) is 0 Å². The third kappa shape index (κ3) is 3.82. The first kappa shape index (κ1) is 14.1. The first-order valence-electron chi connectivity index (χ1n) is 6.72. The third-order valence-corrected chi connectivity index (χ3v) is 2.85. The molecular weight excluding hydrogens is 252 g/mol. The first-order valence-corrected chi connectivity index (χ1v) is 6.72. The van der Waals surface area contributed by atoms with Gasteiger partial charge in [-0.25, -0.2) is 0 Å². The third-order valence-electron chi connectivity index (χ3n) is 2.85. The molecule has 0 aromatic heterocycles. The summed E-state index contributed by atoms with van der Waals surface area (Å²) in [5.74, 6) is 1.37. The number of benzene rings is 2. The predicted molar refractivity (Wildman–Crippen MR) is 81.7 cm³/mol. The molecule has 106 valence electrons. The van der Waals surface area contributed by atoms with Gasteiger partial charge in [0.25, 0.3) is 0 Å². The highest BCUT2D eigenvalue weighted by molar-refractivity contribution is 5.51. The van der Waals surface area contributed by atoms with Gasteiger partial charge in [-0.15, -0.1) is 0 Å². The molecule has 4 N–H and O–H groups in total. The number of ether oxygens (including phenoxy) is 2. The zero-order chi connectivity index (χ0) is 14.4. The number of para-hydroxylation sites is 2. The van der Waals surface area contributed by atoms with Crippen LogP contribution in [0.25, 0.3) is 0 Å². The Morgan fingerprint density at radius 1 is 0.950 bits per heavy atom. The van der Waals surface area contributed by atoms with Crippen LogP contribution in [0, 0.1) is 0 Å². The molecule has 0 aliphatic carbocycles. The first-order chi connectivity index (χ1) is 9.69. The van der Waals surface area contributed by atoms with Gasteiger partial charge in [-0.2, -0.15) is 0 Å². The Kier molecular flexibility index (Phi) is 4.71. The van der Waals surface area contributed by atoms with Crippen LogP contribution in [0.2, 0.25) is 0 Å². The van der Waals surface area contributed by atoms with Crippen LogP contribution in [0.1, 0.15) is 19.8 Å². The zero-order valence-electron chi connectivity index (χ0n) is 11.6. The van der Waals surface area contributed by atoms with Gasteiger partial charge in [-0.1, -0.05) is 19.1 Å². The van der Waals surface area contributed by atoms with Crippen LogP contribution < -0.4 is 20.9 Å². The summed E-state index contributed by atoms with van der Waals surface area (Å²) in [5, 5.41) is 0. The van der Waals surface area contributed by atoms with E-state index in [0.29, 0.717) is 17.1 Å². The maximum absolute atomic E-state index is 5.88. The molecule has 0 aliphatic rings. The lowest BCUT2D eigenvalue weighted by molar-refractivity contribution is -0.000464. The lowest BCUT2D eigenvalue weighted by atomic mass is 10.3. The molecule has 0 fully saturated rings. The average molecular weight is 272 g/mol. The van der Waals surface area contributed by atoms with Crippen molar-refractivity contribution in [2.24, 2.45) is 0 Å². The summed E-state index contributed by atoms with van der Waals surface area (Å²) in [4.78, 5) is 0. The fourth-order valence-electron chi connectivity index (χ4n) is 1.81. The van der Waals surface area contributed by atoms with E-state index < -0.39 is 0 Å². The fraction of sp³-hybridized carbons (Fsp3) is 0.250. The van der Waals surface area contributed by atoms with Crippen LogP contribution in [-0.4, -0.2) is 6.29 Å². The van der Waals surface area contributed by atoms with Crippen LogP contribution in [0.5, 0.6) is 11.5 Å². The average Bonchev–Trinajstić information content (AvgIpc) is 2.44. The molecule has 0 amide bonds. The Labute approximate surface area is 119 Å². The maximum Gasteiger partial charge on any atom is 0.241 e. The predicted octanol–water partition coefficient (Wildman–Crippen LogP) is 3.44. The summed E-state index contributed by atoms with van der Waals surface area (Å²) in [7, 11) is 0. The molecule has 2 aromatic rings. The number of anilines is 2. The minimum absolute atomic E-state index is 0.367.